The molecule has 0 saturated heterocycles. The minimum absolute atomic E-state index is 0.298. The fourth-order valence-electron chi connectivity index (χ4n) is 4.70. The first kappa shape index (κ1) is 14.3. The number of nitrogens with zero attached hydrogens (tertiary/aromatic N) is 1. The van der Waals surface area contributed by atoms with Crippen molar-refractivity contribution in [3.8, 4) is 11.8 Å². The van der Waals surface area contributed by atoms with Crippen molar-refractivity contribution in [3.63, 3.8) is 0 Å². The van der Waals surface area contributed by atoms with Crippen LogP contribution in [0.3, 0.4) is 0 Å². The third kappa shape index (κ3) is 2.09. The number of rotatable bonds is 3. The maximum atomic E-state index is 9.02. The lowest BCUT2D eigenvalue weighted by Crippen LogP contribution is -2.45. The number of nitrogens with one attached hydrogen (secondary N) is 1. The van der Waals surface area contributed by atoms with Gasteiger partial charge in [0.15, 0.2) is 0 Å². The zero-order valence-electron chi connectivity index (χ0n) is 13.4. The van der Waals surface area contributed by atoms with E-state index >= 15 is 0 Å². The van der Waals surface area contributed by atoms with Crippen LogP contribution in [0, 0.1) is 28.1 Å². The molecule has 0 amide bonds. The van der Waals surface area contributed by atoms with Gasteiger partial charge in [-0.2, -0.15) is 5.26 Å². The summed E-state index contributed by atoms with van der Waals surface area (Å²) in [5, 5.41) is 12.8. The molecule has 1 aromatic rings. The minimum Gasteiger partial charge on any atom is -0.495 e. The van der Waals surface area contributed by atoms with Crippen molar-refractivity contribution in [1.82, 2.24) is 0 Å². The van der Waals surface area contributed by atoms with Gasteiger partial charge in [0.25, 0.3) is 0 Å². The zero-order chi connectivity index (χ0) is 15.3. The molecule has 0 radical (unpaired) electrons. The standard InChI is InChI=1S/C18H24N2O/c1-17(2)13-7-8-18(3,10-13)16(17)20-14-6-5-12(11-19)9-15(14)21-4/h5-6,9,13,16,20H,7-8,10H2,1-4H3/t13-,16?,18+/m0/s1. The van der Waals surface area contributed by atoms with E-state index in [1.54, 1.807) is 7.11 Å². The van der Waals surface area contributed by atoms with Crippen LogP contribution in [0.4, 0.5) is 5.69 Å². The third-order valence-electron chi connectivity index (χ3n) is 5.90. The minimum atomic E-state index is 0.298. The predicted octanol–water partition coefficient (Wildman–Crippen LogP) is 4.19. The maximum Gasteiger partial charge on any atom is 0.143 e. The lowest BCUT2D eigenvalue weighted by atomic mass is 9.68. The summed E-state index contributed by atoms with van der Waals surface area (Å²) >= 11 is 0. The molecular weight excluding hydrogens is 260 g/mol. The van der Waals surface area contributed by atoms with Crippen molar-refractivity contribution in [1.29, 1.82) is 5.26 Å². The number of ether oxygens (including phenoxy) is 1. The Kier molecular flexibility index (Phi) is 3.16. The van der Waals surface area contributed by atoms with Crippen molar-refractivity contribution in [2.75, 3.05) is 12.4 Å². The number of benzene rings is 1. The molecule has 2 aliphatic rings. The maximum absolute atomic E-state index is 9.02. The van der Waals surface area contributed by atoms with Crippen LogP contribution in [-0.4, -0.2) is 13.2 Å². The number of hydrogen-bond acceptors (Lipinski definition) is 3. The van der Waals surface area contributed by atoms with Crippen LogP contribution in [0.15, 0.2) is 18.2 Å². The highest BCUT2D eigenvalue weighted by Gasteiger charge is 2.59. The lowest BCUT2D eigenvalue weighted by molar-refractivity contribution is 0.155. The number of fused-ring (bicyclic) bond motifs is 2. The number of anilines is 1. The van der Waals surface area contributed by atoms with E-state index in [0.29, 0.717) is 22.4 Å². The van der Waals surface area contributed by atoms with E-state index in [4.69, 9.17) is 10.00 Å². The Morgan fingerprint density at radius 2 is 2.10 bits per heavy atom. The van der Waals surface area contributed by atoms with Gasteiger partial charge < -0.3 is 10.1 Å². The highest BCUT2D eigenvalue weighted by molar-refractivity contribution is 5.60. The topological polar surface area (TPSA) is 45.0 Å². The van der Waals surface area contributed by atoms with Gasteiger partial charge in [-0.05, 0) is 48.1 Å². The van der Waals surface area contributed by atoms with Crippen molar-refractivity contribution in [2.45, 2.75) is 46.1 Å². The zero-order valence-corrected chi connectivity index (χ0v) is 13.4. The summed E-state index contributed by atoms with van der Waals surface area (Å²) in [6, 6.07) is 8.26. The molecule has 2 bridgehead atoms. The van der Waals surface area contributed by atoms with Crippen molar-refractivity contribution in [2.24, 2.45) is 16.7 Å². The smallest absolute Gasteiger partial charge is 0.143 e. The Morgan fingerprint density at radius 1 is 1.33 bits per heavy atom. The molecule has 3 rings (SSSR count). The van der Waals surface area contributed by atoms with Crippen LogP contribution in [0.25, 0.3) is 0 Å². The monoisotopic (exact) mass is 284 g/mol. The second-order valence-electron chi connectivity index (χ2n) is 7.52. The molecule has 2 fully saturated rings. The number of nitriles is 1. The third-order valence-corrected chi connectivity index (χ3v) is 5.90. The largest absolute Gasteiger partial charge is 0.495 e. The molecule has 21 heavy (non-hydrogen) atoms. The van der Waals surface area contributed by atoms with Gasteiger partial charge in [-0.1, -0.05) is 20.8 Å². The summed E-state index contributed by atoms with van der Waals surface area (Å²) in [6.07, 6.45) is 3.97. The van der Waals surface area contributed by atoms with Gasteiger partial charge in [0.05, 0.1) is 24.4 Å². The summed E-state index contributed by atoms with van der Waals surface area (Å²) in [6.45, 7) is 7.18. The molecule has 0 spiro atoms. The molecule has 0 aliphatic heterocycles. The van der Waals surface area contributed by atoms with Crippen LogP contribution in [0.1, 0.15) is 45.6 Å². The molecule has 3 heteroatoms. The highest BCUT2D eigenvalue weighted by atomic mass is 16.5. The average Bonchev–Trinajstić information content (AvgIpc) is 2.94. The molecule has 3 nitrogen and oxygen atoms in total. The lowest BCUT2D eigenvalue weighted by Gasteiger charge is -2.43. The van der Waals surface area contributed by atoms with Crippen LogP contribution < -0.4 is 10.1 Å². The van der Waals surface area contributed by atoms with Gasteiger partial charge >= 0.3 is 0 Å². The second kappa shape index (κ2) is 4.66. The van der Waals surface area contributed by atoms with E-state index in [2.05, 4.69) is 32.2 Å². The Balaban J connectivity index is 1.92. The van der Waals surface area contributed by atoms with E-state index in [9.17, 15) is 0 Å². The molecule has 3 atom stereocenters. The first-order chi connectivity index (χ1) is 9.90. The van der Waals surface area contributed by atoms with Crippen LogP contribution in [0.5, 0.6) is 5.75 Å². The average molecular weight is 284 g/mol. The van der Waals surface area contributed by atoms with Crippen LogP contribution in [0.2, 0.25) is 0 Å². The fraction of sp³-hybridized carbons (Fsp3) is 0.611. The molecule has 2 aliphatic carbocycles. The first-order valence-electron chi connectivity index (χ1n) is 7.75. The van der Waals surface area contributed by atoms with E-state index < -0.39 is 0 Å². The van der Waals surface area contributed by atoms with Gasteiger partial charge in [-0.15, -0.1) is 0 Å². The van der Waals surface area contributed by atoms with E-state index in [0.717, 1.165) is 17.4 Å². The predicted molar refractivity (Wildman–Crippen MR) is 84.3 cm³/mol. The van der Waals surface area contributed by atoms with Crippen molar-refractivity contribution >= 4 is 5.69 Å². The molecule has 2 saturated carbocycles. The molecular formula is C18H24N2O. The van der Waals surface area contributed by atoms with Gasteiger partial charge in [-0.25, -0.2) is 0 Å². The SMILES string of the molecule is COc1cc(C#N)ccc1NC1C(C)(C)[C@H]2CC[C@]1(C)C2. The van der Waals surface area contributed by atoms with Gasteiger partial charge in [0.2, 0.25) is 0 Å². The summed E-state index contributed by atoms with van der Waals surface area (Å²) in [7, 11) is 1.66. The molecule has 0 heterocycles. The summed E-state index contributed by atoms with van der Waals surface area (Å²) in [4.78, 5) is 0. The normalized spacial score (nSPS) is 32.7. The van der Waals surface area contributed by atoms with E-state index in [1.807, 2.05) is 18.2 Å². The highest BCUT2D eigenvalue weighted by Crippen LogP contribution is 2.63. The Hall–Kier alpha value is -1.69. The molecule has 1 unspecified atom stereocenters. The summed E-state index contributed by atoms with van der Waals surface area (Å²) in [5.74, 6) is 1.57. The van der Waals surface area contributed by atoms with Gasteiger partial charge in [0, 0.05) is 12.1 Å². The van der Waals surface area contributed by atoms with Gasteiger partial charge in [-0.3, -0.25) is 0 Å². The molecule has 112 valence electrons. The van der Waals surface area contributed by atoms with Crippen LogP contribution >= 0.6 is 0 Å². The quantitative estimate of drug-likeness (QED) is 0.905. The first-order valence-corrected chi connectivity index (χ1v) is 7.75. The van der Waals surface area contributed by atoms with Crippen molar-refractivity contribution < 1.29 is 4.74 Å². The van der Waals surface area contributed by atoms with E-state index in [1.165, 1.54) is 19.3 Å². The number of methoxy groups -OCH3 is 1. The Bertz CT molecular complexity index is 597. The number of hydrogen-bond donors (Lipinski definition) is 1. The molecule has 1 N–H and O–H groups in total. The van der Waals surface area contributed by atoms with Crippen LogP contribution in [-0.2, 0) is 0 Å². The molecule has 0 aromatic heterocycles. The summed E-state index contributed by atoms with van der Waals surface area (Å²) < 4.78 is 5.47. The van der Waals surface area contributed by atoms with E-state index in [-0.39, 0.29) is 0 Å². The van der Waals surface area contributed by atoms with Crippen molar-refractivity contribution in [3.05, 3.63) is 23.8 Å². The Labute approximate surface area is 127 Å². The second-order valence-corrected chi connectivity index (χ2v) is 7.52. The summed E-state index contributed by atoms with van der Waals surface area (Å²) in [5.41, 5.74) is 2.30. The fourth-order valence-corrected chi connectivity index (χ4v) is 4.70. The van der Waals surface area contributed by atoms with Gasteiger partial charge in [0.1, 0.15) is 5.75 Å². The Morgan fingerprint density at radius 3 is 2.67 bits per heavy atom. The molecule has 1 aromatic carbocycles.